The molecule has 0 atom stereocenters. The predicted molar refractivity (Wildman–Crippen MR) is 61.4 cm³/mol. The van der Waals surface area contributed by atoms with Gasteiger partial charge in [0.2, 0.25) is 0 Å². The van der Waals surface area contributed by atoms with E-state index in [2.05, 4.69) is 6.92 Å². The third-order valence-corrected chi connectivity index (χ3v) is 5.47. The molecule has 82 valence electrons. The molecule has 0 unspecified atom stereocenters. The van der Waals surface area contributed by atoms with E-state index >= 15 is 0 Å². The molecule has 0 saturated heterocycles. The highest BCUT2D eigenvalue weighted by molar-refractivity contribution is 7.12. The van der Waals surface area contributed by atoms with Gasteiger partial charge in [-0.05, 0) is 32.6 Å². The number of rotatable bonds is 3. The van der Waals surface area contributed by atoms with Crippen molar-refractivity contribution < 1.29 is 5.11 Å². The molecule has 1 aromatic heterocycles. The van der Waals surface area contributed by atoms with Gasteiger partial charge in [-0.1, -0.05) is 6.42 Å². The molecule has 3 rings (SSSR count). The van der Waals surface area contributed by atoms with Crippen LogP contribution in [0.25, 0.3) is 0 Å². The number of aliphatic hydroxyl groups excluding tert-OH is 1. The molecule has 0 aliphatic heterocycles. The van der Waals surface area contributed by atoms with Gasteiger partial charge in [0, 0.05) is 16.2 Å². The fourth-order valence-corrected chi connectivity index (χ4v) is 3.82. The Bertz CT molecular complexity index is 377. The molecule has 15 heavy (non-hydrogen) atoms. The van der Waals surface area contributed by atoms with Crippen LogP contribution in [0.3, 0.4) is 0 Å². The summed E-state index contributed by atoms with van der Waals surface area (Å²) in [5.41, 5.74) is 1.29. The lowest BCUT2D eigenvalue weighted by Crippen LogP contribution is -2.11. The molecule has 1 aromatic rings. The Morgan fingerprint density at radius 3 is 2.67 bits per heavy atom. The van der Waals surface area contributed by atoms with Gasteiger partial charge in [0.15, 0.2) is 0 Å². The molecular formula is C12H17NOS. The molecule has 0 amide bonds. The Labute approximate surface area is 94.4 Å². The van der Waals surface area contributed by atoms with E-state index in [-0.39, 0.29) is 5.41 Å². The van der Waals surface area contributed by atoms with E-state index in [9.17, 15) is 5.11 Å². The first-order valence-corrected chi connectivity index (χ1v) is 6.65. The summed E-state index contributed by atoms with van der Waals surface area (Å²) in [5, 5.41) is 10.8. The highest BCUT2D eigenvalue weighted by Crippen LogP contribution is 2.52. The maximum absolute atomic E-state index is 9.43. The lowest BCUT2D eigenvalue weighted by molar-refractivity contribution is 0.256. The first-order valence-electron chi connectivity index (χ1n) is 5.84. The quantitative estimate of drug-likeness (QED) is 0.854. The number of aromatic nitrogens is 1. The maximum atomic E-state index is 9.43. The SMILES string of the molecule is Cc1nc(C2CCC2)sc1C1(CO)CC1. The number of hydrogen-bond donors (Lipinski definition) is 1. The van der Waals surface area contributed by atoms with Crippen LogP contribution in [-0.2, 0) is 5.41 Å². The summed E-state index contributed by atoms with van der Waals surface area (Å²) in [6.07, 6.45) is 6.30. The number of aliphatic hydroxyl groups is 1. The predicted octanol–water partition coefficient (Wildman–Crippen LogP) is 2.74. The molecule has 0 aromatic carbocycles. The first kappa shape index (κ1) is 9.79. The van der Waals surface area contributed by atoms with Crippen LogP contribution in [0.2, 0.25) is 0 Å². The smallest absolute Gasteiger partial charge is 0.0962 e. The van der Waals surface area contributed by atoms with Gasteiger partial charge in [-0.3, -0.25) is 0 Å². The third kappa shape index (κ3) is 1.44. The number of nitrogens with zero attached hydrogens (tertiary/aromatic N) is 1. The van der Waals surface area contributed by atoms with E-state index in [1.54, 1.807) is 0 Å². The van der Waals surface area contributed by atoms with Crippen LogP contribution in [0.4, 0.5) is 0 Å². The first-order chi connectivity index (χ1) is 7.25. The van der Waals surface area contributed by atoms with Gasteiger partial charge < -0.3 is 5.11 Å². The Morgan fingerprint density at radius 2 is 2.20 bits per heavy atom. The third-order valence-electron chi connectivity index (χ3n) is 3.91. The molecule has 0 spiro atoms. The number of aryl methyl sites for hydroxylation is 1. The monoisotopic (exact) mass is 223 g/mol. The Hall–Kier alpha value is -0.410. The lowest BCUT2D eigenvalue weighted by atomic mass is 9.86. The summed E-state index contributed by atoms with van der Waals surface area (Å²) in [7, 11) is 0. The summed E-state index contributed by atoms with van der Waals surface area (Å²) < 4.78 is 0. The average molecular weight is 223 g/mol. The van der Waals surface area contributed by atoms with Gasteiger partial charge in [-0.2, -0.15) is 0 Å². The van der Waals surface area contributed by atoms with Crippen molar-refractivity contribution in [3.05, 3.63) is 15.6 Å². The zero-order valence-electron chi connectivity index (χ0n) is 9.12. The van der Waals surface area contributed by atoms with Gasteiger partial charge >= 0.3 is 0 Å². The minimum absolute atomic E-state index is 0.115. The molecule has 2 aliphatic rings. The van der Waals surface area contributed by atoms with E-state index < -0.39 is 0 Å². The van der Waals surface area contributed by atoms with E-state index in [4.69, 9.17) is 4.98 Å². The van der Waals surface area contributed by atoms with Gasteiger partial charge in [0.1, 0.15) is 0 Å². The van der Waals surface area contributed by atoms with Crippen LogP contribution in [0, 0.1) is 6.92 Å². The molecule has 0 bridgehead atoms. The Kier molecular flexibility index (Phi) is 2.15. The van der Waals surface area contributed by atoms with Crippen molar-refractivity contribution in [3.8, 4) is 0 Å². The second-order valence-corrected chi connectivity index (χ2v) is 6.06. The summed E-state index contributed by atoms with van der Waals surface area (Å²) in [5.74, 6) is 0.733. The second kappa shape index (κ2) is 3.29. The normalized spacial score (nSPS) is 23.9. The van der Waals surface area contributed by atoms with Crippen LogP contribution in [0.15, 0.2) is 0 Å². The van der Waals surface area contributed by atoms with Crippen molar-refractivity contribution in [1.29, 1.82) is 0 Å². The van der Waals surface area contributed by atoms with Crippen molar-refractivity contribution in [2.24, 2.45) is 0 Å². The highest BCUT2D eigenvalue weighted by Gasteiger charge is 2.46. The molecule has 2 saturated carbocycles. The van der Waals surface area contributed by atoms with E-state index in [1.165, 1.54) is 34.8 Å². The zero-order chi connectivity index (χ0) is 10.5. The number of thiazole rings is 1. The molecule has 2 aliphatic carbocycles. The number of hydrogen-bond acceptors (Lipinski definition) is 3. The van der Waals surface area contributed by atoms with Crippen molar-refractivity contribution in [3.63, 3.8) is 0 Å². The van der Waals surface area contributed by atoms with Crippen LogP contribution in [0.1, 0.15) is 53.6 Å². The van der Waals surface area contributed by atoms with E-state index in [1.807, 2.05) is 11.3 Å². The highest BCUT2D eigenvalue weighted by atomic mass is 32.1. The van der Waals surface area contributed by atoms with Crippen LogP contribution < -0.4 is 0 Å². The molecule has 1 heterocycles. The van der Waals surface area contributed by atoms with Crippen molar-refractivity contribution >= 4 is 11.3 Å². The topological polar surface area (TPSA) is 33.1 Å². The van der Waals surface area contributed by atoms with Crippen LogP contribution in [-0.4, -0.2) is 16.7 Å². The molecule has 2 nitrogen and oxygen atoms in total. The fourth-order valence-electron chi connectivity index (χ4n) is 2.35. The summed E-state index contributed by atoms with van der Waals surface area (Å²) in [4.78, 5) is 6.06. The van der Waals surface area contributed by atoms with Gasteiger partial charge in [-0.15, -0.1) is 11.3 Å². The second-order valence-electron chi connectivity index (χ2n) is 5.03. The van der Waals surface area contributed by atoms with Crippen molar-refractivity contribution in [1.82, 2.24) is 4.98 Å². The molecule has 0 radical (unpaired) electrons. The molecule has 2 fully saturated rings. The fraction of sp³-hybridized carbons (Fsp3) is 0.750. The summed E-state index contributed by atoms with van der Waals surface area (Å²) in [6, 6.07) is 0. The molecule has 1 N–H and O–H groups in total. The summed E-state index contributed by atoms with van der Waals surface area (Å²) >= 11 is 1.87. The largest absolute Gasteiger partial charge is 0.395 e. The molecular weight excluding hydrogens is 206 g/mol. The van der Waals surface area contributed by atoms with Crippen LogP contribution in [0.5, 0.6) is 0 Å². The van der Waals surface area contributed by atoms with Crippen LogP contribution >= 0.6 is 11.3 Å². The van der Waals surface area contributed by atoms with E-state index in [0.29, 0.717) is 6.61 Å². The lowest BCUT2D eigenvalue weighted by Gasteiger charge is -2.22. The van der Waals surface area contributed by atoms with Gasteiger partial charge in [-0.25, -0.2) is 4.98 Å². The van der Waals surface area contributed by atoms with Gasteiger partial charge in [0.25, 0.3) is 0 Å². The minimum Gasteiger partial charge on any atom is -0.395 e. The van der Waals surface area contributed by atoms with Crippen molar-refractivity contribution in [2.45, 2.75) is 50.4 Å². The summed E-state index contributed by atoms with van der Waals surface area (Å²) in [6.45, 7) is 2.41. The van der Waals surface area contributed by atoms with Crippen molar-refractivity contribution in [2.75, 3.05) is 6.61 Å². The minimum atomic E-state index is 0.115. The molecule has 3 heteroatoms. The Morgan fingerprint density at radius 1 is 1.47 bits per heavy atom. The maximum Gasteiger partial charge on any atom is 0.0962 e. The van der Waals surface area contributed by atoms with Gasteiger partial charge in [0.05, 0.1) is 17.3 Å². The standard InChI is InChI=1S/C12H17NOS/c1-8-10(12(7-14)5-6-12)15-11(13-8)9-3-2-4-9/h9,14H,2-7H2,1H3. The Balaban J connectivity index is 1.91. The zero-order valence-corrected chi connectivity index (χ0v) is 9.94. The van der Waals surface area contributed by atoms with E-state index in [0.717, 1.165) is 18.8 Å². The average Bonchev–Trinajstić information content (AvgIpc) is 2.84.